The lowest BCUT2D eigenvalue weighted by Gasteiger charge is -2.26. The molecule has 9 heteroatoms. The molecule has 0 unspecified atom stereocenters. The molecule has 0 aliphatic carbocycles. The number of allylic oxidation sites excluding steroid dienone is 1. The minimum Gasteiger partial charge on any atom is -0.465 e. The summed E-state index contributed by atoms with van der Waals surface area (Å²) in [7, 11) is 0. The number of amides is 1. The summed E-state index contributed by atoms with van der Waals surface area (Å²) in [6.07, 6.45) is 1.60. The Morgan fingerprint density at radius 2 is 2.10 bits per heavy atom. The number of hydrogen-bond acceptors (Lipinski definition) is 7. The quantitative estimate of drug-likeness (QED) is 0.293. The van der Waals surface area contributed by atoms with E-state index in [0.717, 1.165) is 11.8 Å². The normalized spacial score (nSPS) is 14.0. The molecule has 2 aromatic rings. The Balaban J connectivity index is 1.96. The zero-order valence-corrected chi connectivity index (χ0v) is 17.1. The molecule has 1 saturated heterocycles. The number of nitrogens with zero attached hydrogens (tertiary/aromatic N) is 3. The van der Waals surface area contributed by atoms with Crippen molar-refractivity contribution in [2.75, 3.05) is 38.7 Å². The van der Waals surface area contributed by atoms with Gasteiger partial charge in [-0.15, -0.1) is 6.58 Å². The van der Waals surface area contributed by atoms with E-state index in [-0.39, 0.29) is 36.3 Å². The zero-order valence-electron chi connectivity index (χ0n) is 16.3. The molecule has 1 aliphatic rings. The SMILES string of the molecule is C=CCn1c(SCC(=O)OCC)nc2cc(C(=O)N3CCOCC3)ccc2c1=O. The van der Waals surface area contributed by atoms with Crippen LogP contribution in [-0.4, -0.2) is 65.0 Å². The van der Waals surface area contributed by atoms with Crippen LogP contribution in [0.5, 0.6) is 0 Å². The maximum atomic E-state index is 12.9. The molecule has 29 heavy (non-hydrogen) atoms. The number of hydrogen-bond donors (Lipinski definition) is 0. The van der Waals surface area contributed by atoms with E-state index in [2.05, 4.69) is 11.6 Å². The van der Waals surface area contributed by atoms with Gasteiger partial charge in [0.15, 0.2) is 5.16 Å². The van der Waals surface area contributed by atoms with E-state index in [1.165, 1.54) is 4.57 Å². The summed E-state index contributed by atoms with van der Waals surface area (Å²) >= 11 is 1.12. The van der Waals surface area contributed by atoms with E-state index >= 15 is 0 Å². The average molecular weight is 417 g/mol. The molecule has 8 nitrogen and oxygen atoms in total. The third-order valence-electron chi connectivity index (χ3n) is 4.40. The number of morpholine rings is 1. The Kier molecular flexibility index (Phi) is 7.05. The maximum Gasteiger partial charge on any atom is 0.316 e. The number of thioether (sulfide) groups is 1. The molecular weight excluding hydrogens is 394 g/mol. The number of aromatic nitrogens is 2. The molecule has 154 valence electrons. The van der Waals surface area contributed by atoms with Crippen molar-refractivity contribution in [1.29, 1.82) is 0 Å². The van der Waals surface area contributed by atoms with Crippen molar-refractivity contribution in [1.82, 2.24) is 14.5 Å². The molecule has 0 atom stereocenters. The monoisotopic (exact) mass is 417 g/mol. The molecule has 0 saturated carbocycles. The molecule has 1 aromatic carbocycles. The Morgan fingerprint density at radius 3 is 2.79 bits per heavy atom. The van der Waals surface area contributed by atoms with Crippen LogP contribution in [0.4, 0.5) is 0 Å². The third-order valence-corrected chi connectivity index (χ3v) is 5.35. The van der Waals surface area contributed by atoms with Gasteiger partial charge < -0.3 is 14.4 Å². The maximum absolute atomic E-state index is 12.9. The van der Waals surface area contributed by atoms with E-state index in [1.54, 1.807) is 36.1 Å². The van der Waals surface area contributed by atoms with Crippen LogP contribution < -0.4 is 5.56 Å². The summed E-state index contributed by atoms with van der Waals surface area (Å²) in [6.45, 7) is 8.06. The first kappa shape index (κ1) is 21.1. The topological polar surface area (TPSA) is 90.7 Å². The first-order chi connectivity index (χ1) is 14.0. The average Bonchev–Trinajstić information content (AvgIpc) is 2.74. The smallest absolute Gasteiger partial charge is 0.316 e. The summed E-state index contributed by atoms with van der Waals surface area (Å²) in [5.74, 6) is -0.462. The highest BCUT2D eigenvalue weighted by Crippen LogP contribution is 2.20. The number of rotatable bonds is 7. The predicted molar refractivity (Wildman–Crippen MR) is 110 cm³/mol. The molecule has 3 rings (SSSR count). The third kappa shape index (κ3) is 4.86. The van der Waals surface area contributed by atoms with Gasteiger partial charge >= 0.3 is 5.97 Å². The summed E-state index contributed by atoms with van der Waals surface area (Å²) in [5, 5.41) is 0.789. The zero-order chi connectivity index (χ0) is 20.8. The van der Waals surface area contributed by atoms with Gasteiger partial charge in [0.05, 0.1) is 36.5 Å². The fourth-order valence-electron chi connectivity index (χ4n) is 3.01. The first-order valence-electron chi connectivity index (χ1n) is 9.36. The highest BCUT2D eigenvalue weighted by atomic mass is 32.2. The van der Waals surface area contributed by atoms with Crippen LogP contribution in [0.1, 0.15) is 17.3 Å². The van der Waals surface area contributed by atoms with Crippen LogP contribution >= 0.6 is 11.8 Å². The highest BCUT2D eigenvalue weighted by Gasteiger charge is 2.20. The second kappa shape index (κ2) is 9.71. The number of carbonyl (C=O) groups is 2. The second-order valence-corrected chi connectivity index (χ2v) is 7.27. The van der Waals surface area contributed by atoms with E-state index in [4.69, 9.17) is 9.47 Å². The van der Waals surface area contributed by atoms with Gasteiger partial charge in [-0.2, -0.15) is 0 Å². The molecule has 2 heterocycles. The van der Waals surface area contributed by atoms with Crippen LogP contribution in [-0.2, 0) is 20.8 Å². The van der Waals surface area contributed by atoms with Gasteiger partial charge in [-0.1, -0.05) is 17.8 Å². The molecule has 1 aliphatic heterocycles. The Labute approximate surface area is 172 Å². The molecule has 1 fully saturated rings. The van der Waals surface area contributed by atoms with Gasteiger partial charge in [-0.3, -0.25) is 19.0 Å². The lowest BCUT2D eigenvalue weighted by Crippen LogP contribution is -2.40. The van der Waals surface area contributed by atoms with Crippen LogP contribution in [0.2, 0.25) is 0 Å². The number of benzene rings is 1. The Morgan fingerprint density at radius 1 is 1.34 bits per heavy atom. The van der Waals surface area contributed by atoms with E-state index < -0.39 is 0 Å². The molecule has 0 radical (unpaired) electrons. The van der Waals surface area contributed by atoms with Crippen molar-refractivity contribution >= 4 is 34.5 Å². The van der Waals surface area contributed by atoms with E-state index in [9.17, 15) is 14.4 Å². The van der Waals surface area contributed by atoms with Crippen LogP contribution in [0, 0.1) is 0 Å². The van der Waals surface area contributed by atoms with Gasteiger partial charge in [-0.25, -0.2) is 4.98 Å². The molecular formula is C20H23N3O5S. The van der Waals surface area contributed by atoms with Crippen LogP contribution in [0.25, 0.3) is 10.9 Å². The Hall–Kier alpha value is -2.65. The number of esters is 1. The summed E-state index contributed by atoms with van der Waals surface area (Å²) in [4.78, 5) is 43.7. The van der Waals surface area contributed by atoms with Crippen LogP contribution in [0.15, 0.2) is 40.8 Å². The molecule has 0 N–H and O–H groups in total. The number of fused-ring (bicyclic) bond motifs is 1. The second-order valence-electron chi connectivity index (χ2n) is 6.33. The van der Waals surface area contributed by atoms with Gasteiger partial charge in [0.25, 0.3) is 11.5 Å². The van der Waals surface area contributed by atoms with Crippen molar-refractivity contribution in [3.63, 3.8) is 0 Å². The van der Waals surface area contributed by atoms with E-state index in [1.807, 2.05) is 0 Å². The number of carbonyl (C=O) groups excluding carboxylic acids is 2. The van der Waals surface area contributed by atoms with E-state index in [0.29, 0.717) is 47.9 Å². The standard InChI is InChI=1S/C20H23N3O5S/c1-3-7-23-19(26)15-6-5-14(18(25)22-8-10-27-11-9-22)12-16(15)21-20(23)29-13-17(24)28-4-2/h3,5-6,12H,1,4,7-11,13H2,2H3. The van der Waals surface area contributed by atoms with Crippen molar-refractivity contribution < 1.29 is 19.1 Å². The highest BCUT2D eigenvalue weighted by molar-refractivity contribution is 7.99. The largest absolute Gasteiger partial charge is 0.465 e. The molecule has 1 amide bonds. The van der Waals surface area contributed by atoms with Crippen molar-refractivity contribution in [2.24, 2.45) is 0 Å². The summed E-state index contributed by atoms with van der Waals surface area (Å²) in [5.41, 5.74) is 0.640. The van der Waals surface area contributed by atoms with Gasteiger partial charge in [-0.05, 0) is 25.1 Å². The first-order valence-corrected chi connectivity index (χ1v) is 10.3. The lowest BCUT2D eigenvalue weighted by molar-refractivity contribution is -0.139. The van der Waals surface area contributed by atoms with Crippen molar-refractivity contribution in [3.05, 3.63) is 46.8 Å². The summed E-state index contributed by atoms with van der Waals surface area (Å²) in [6, 6.07) is 4.89. The van der Waals surface area contributed by atoms with Gasteiger partial charge in [0.2, 0.25) is 0 Å². The van der Waals surface area contributed by atoms with Gasteiger partial charge in [0.1, 0.15) is 0 Å². The molecule has 0 bridgehead atoms. The fourth-order valence-corrected chi connectivity index (χ4v) is 3.82. The van der Waals surface area contributed by atoms with Gasteiger partial charge in [0, 0.05) is 25.2 Å². The van der Waals surface area contributed by atoms with Crippen molar-refractivity contribution in [3.8, 4) is 0 Å². The minimum atomic E-state index is -0.381. The Bertz CT molecular complexity index is 982. The molecule has 1 aromatic heterocycles. The van der Waals surface area contributed by atoms with Crippen LogP contribution in [0.3, 0.4) is 0 Å². The molecule has 0 spiro atoms. The fraction of sp³-hybridized carbons (Fsp3) is 0.400. The number of ether oxygens (including phenoxy) is 2. The predicted octanol–water partition coefficient (Wildman–Crippen LogP) is 1.71. The minimum absolute atomic E-state index is 0.0370. The van der Waals surface area contributed by atoms with Crippen molar-refractivity contribution in [2.45, 2.75) is 18.6 Å². The lowest BCUT2D eigenvalue weighted by atomic mass is 10.1. The summed E-state index contributed by atoms with van der Waals surface area (Å²) < 4.78 is 11.7.